The summed E-state index contributed by atoms with van der Waals surface area (Å²) in [7, 11) is 0. The minimum Gasteiger partial charge on any atom is -0.478 e. The third kappa shape index (κ3) is 1.90. The van der Waals surface area contributed by atoms with E-state index >= 15 is 0 Å². The van der Waals surface area contributed by atoms with Gasteiger partial charge in [-0.05, 0) is 34.6 Å². The van der Waals surface area contributed by atoms with Crippen molar-refractivity contribution >= 4 is 5.97 Å². The predicted molar refractivity (Wildman–Crippen MR) is 77.0 cm³/mol. The molecule has 102 valence electrons. The van der Waals surface area contributed by atoms with Gasteiger partial charge in [-0.1, -0.05) is 38.1 Å². The van der Waals surface area contributed by atoms with Gasteiger partial charge in [-0.15, -0.1) is 0 Å². The molecule has 1 aromatic heterocycles. The zero-order valence-corrected chi connectivity index (χ0v) is 11.6. The topological polar surface area (TPSA) is 50.2 Å². The van der Waals surface area contributed by atoms with Crippen LogP contribution < -0.4 is 0 Å². The molecule has 20 heavy (non-hydrogen) atoms. The van der Waals surface area contributed by atoms with E-state index in [1.54, 1.807) is 18.5 Å². The lowest BCUT2D eigenvalue weighted by Crippen LogP contribution is -2.21. The number of fused-ring (bicyclic) bond motifs is 1. The van der Waals surface area contributed by atoms with Crippen LogP contribution in [0, 0.1) is 5.41 Å². The lowest BCUT2D eigenvalue weighted by molar-refractivity contribution is 0.0694. The SMILES string of the molecule is CC1(C)Cc2ccccc2C1c1cnccc1C(=O)O. The molecule has 0 saturated heterocycles. The van der Waals surface area contributed by atoms with Gasteiger partial charge in [-0.3, -0.25) is 4.98 Å². The third-order valence-corrected chi connectivity index (χ3v) is 4.19. The highest BCUT2D eigenvalue weighted by molar-refractivity contribution is 5.89. The molecule has 3 nitrogen and oxygen atoms in total. The molecule has 0 saturated carbocycles. The summed E-state index contributed by atoms with van der Waals surface area (Å²) < 4.78 is 0. The van der Waals surface area contributed by atoms with Crippen molar-refractivity contribution in [3.63, 3.8) is 0 Å². The Morgan fingerprint density at radius 3 is 2.75 bits per heavy atom. The average Bonchev–Trinajstić information content (AvgIpc) is 2.68. The number of hydrogen-bond acceptors (Lipinski definition) is 2. The maximum atomic E-state index is 11.5. The van der Waals surface area contributed by atoms with E-state index in [-0.39, 0.29) is 11.3 Å². The summed E-state index contributed by atoms with van der Waals surface area (Å²) in [4.78, 5) is 15.6. The molecular formula is C17H17NO2. The van der Waals surface area contributed by atoms with Gasteiger partial charge >= 0.3 is 5.97 Å². The molecule has 1 N–H and O–H groups in total. The monoisotopic (exact) mass is 267 g/mol. The fourth-order valence-electron chi connectivity index (χ4n) is 3.41. The van der Waals surface area contributed by atoms with Crippen LogP contribution in [0.2, 0.25) is 0 Å². The Labute approximate surface area is 118 Å². The Morgan fingerprint density at radius 2 is 2.00 bits per heavy atom. The summed E-state index contributed by atoms with van der Waals surface area (Å²) in [6.07, 6.45) is 4.21. The molecule has 0 spiro atoms. The molecule has 3 heteroatoms. The van der Waals surface area contributed by atoms with Crippen LogP contribution in [0.25, 0.3) is 0 Å². The largest absolute Gasteiger partial charge is 0.478 e. The number of aromatic nitrogens is 1. The first kappa shape index (κ1) is 12.9. The van der Waals surface area contributed by atoms with Crippen molar-refractivity contribution in [3.05, 3.63) is 65.0 Å². The smallest absolute Gasteiger partial charge is 0.336 e. The van der Waals surface area contributed by atoms with Gasteiger partial charge in [-0.2, -0.15) is 0 Å². The number of aromatic carboxylic acids is 1. The standard InChI is InChI=1S/C17H17NO2/c1-17(2)9-11-5-3-4-6-12(11)15(17)14-10-18-8-7-13(14)16(19)20/h3-8,10,15H,9H2,1-2H3,(H,19,20). The highest BCUT2D eigenvalue weighted by Gasteiger charge is 2.41. The molecule has 0 bridgehead atoms. The van der Waals surface area contributed by atoms with Crippen LogP contribution in [-0.2, 0) is 6.42 Å². The van der Waals surface area contributed by atoms with Crippen LogP contribution in [-0.4, -0.2) is 16.1 Å². The van der Waals surface area contributed by atoms with E-state index in [2.05, 4.69) is 31.0 Å². The molecule has 1 heterocycles. The molecule has 1 aromatic carbocycles. The first-order valence-corrected chi connectivity index (χ1v) is 6.76. The molecule has 1 unspecified atom stereocenters. The normalized spacial score (nSPS) is 19.6. The molecule has 1 atom stereocenters. The van der Waals surface area contributed by atoms with Crippen molar-refractivity contribution in [1.29, 1.82) is 0 Å². The maximum absolute atomic E-state index is 11.5. The molecule has 2 aromatic rings. The van der Waals surface area contributed by atoms with Crippen molar-refractivity contribution < 1.29 is 9.90 Å². The number of nitrogens with zero attached hydrogens (tertiary/aromatic N) is 1. The van der Waals surface area contributed by atoms with E-state index in [0.29, 0.717) is 5.56 Å². The summed E-state index contributed by atoms with van der Waals surface area (Å²) >= 11 is 0. The van der Waals surface area contributed by atoms with E-state index in [0.717, 1.165) is 12.0 Å². The summed E-state index contributed by atoms with van der Waals surface area (Å²) in [5.74, 6) is -0.805. The zero-order chi connectivity index (χ0) is 14.3. The van der Waals surface area contributed by atoms with Gasteiger partial charge in [-0.25, -0.2) is 4.79 Å². The number of carboxylic acids is 1. The van der Waals surface area contributed by atoms with E-state index in [1.807, 2.05) is 12.1 Å². The van der Waals surface area contributed by atoms with E-state index in [1.165, 1.54) is 11.1 Å². The molecular weight excluding hydrogens is 250 g/mol. The second-order valence-electron chi connectivity index (χ2n) is 6.07. The molecule has 1 aliphatic carbocycles. The van der Waals surface area contributed by atoms with E-state index in [4.69, 9.17) is 0 Å². The molecule has 0 fully saturated rings. The third-order valence-electron chi connectivity index (χ3n) is 4.19. The summed E-state index contributed by atoms with van der Waals surface area (Å²) in [6, 6.07) is 9.89. The molecule has 0 radical (unpaired) electrons. The Kier molecular flexibility index (Phi) is 2.85. The number of benzene rings is 1. The molecule has 3 rings (SSSR count). The van der Waals surface area contributed by atoms with Gasteiger partial charge in [0.05, 0.1) is 5.56 Å². The molecule has 0 aliphatic heterocycles. The van der Waals surface area contributed by atoms with Crippen LogP contribution in [0.1, 0.15) is 46.8 Å². The summed E-state index contributed by atoms with van der Waals surface area (Å²) in [5, 5.41) is 9.42. The number of rotatable bonds is 2. The number of carboxylic acid groups (broad SMARTS) is 1. The highest BCUT2D eigenvalue weighted by atomic mass is 16.4. The van der Waals surface area contributed by atoms with Crippen LogP contribution in [0.3, 0.4) is 0 Å². The van der Waals surface area contributed by atoms with Gasteiger partial charge in [0.25, 0.3) is 0 Å². The van der Waals surface area contributed by atoms with Crippen molar-refractivity contribution in [2.24, 2.45) is 5.41 Å². The van der Waals surface area contributed by atoms with Crippen LogP contribution in [0.5, 0.6) is 0 Å². The fraction of sp³-hybridized carbons (Fsp3) is 0.294. The second-order valence-corrected chi connectivity index (χ2v) is 6.07. The zero-order valence-electron chi connectivity index (χ0n) is 11.6. The fourth-order valence-corrected chi connectivity index (χ4v) is 3.41. The summed E-state index contributed by atoms with van der Waals surface area (Å²) in [5.41, 5.74) is 3.71. The maximum Gasteiger partial charge on any atom is 0.336 e. The van der Waals surface area contributed by atoms with Gasteiger partial charge in [0.1, 0.15) is 0 Å². The second kappa shape index (κ2) is 4.44. The summed E-state index contributed by atoms with van der Waals surface area (Å²) in [6.45, 7) is 4.38. The Balaban J connectivity index is 2.21. The van der Waals surface area contributed by atoms with Crippen molar-refractivity contribution in [2.75, 3.05) is 0 Å². The molecule has 0 amide bonds. The molecule has 1 aliphatic rings. The minimum absolute atomic E-state index is 0.00306. The van der Waals surface area contributed by atoms with Crippen LogP contribution in [0.15, 0.2) is 42.7 Å². The number of pyridine rings is 1. The van der Waals surface area contributed by atoms with Crippen molar-refractivity contribution in [3.8, 4) is 0 Å². The van der Waals surface area contributed by atoms with Gasteiger partial charge in [0, 0.05) is 18.3 Å². The predicted octanol–water partition coefficient (Wildman–Crippen LogP) is 3.49. The van der Waals surface area contributed by atoms with Gasteiger partial charge in [0.15, 0.2) is 0 Å². The van der Waals surface area contributed by atoms with Crippen LogP contribution >= 0.6 is 0 Å². The number of hydrogen-bond donors (Lipinski definition) is 1. The Hall–Kier alpha value is -2.16. The van der Waals surface area contributed by atoms with E-state index < -0.39 is 5.97 Å². The van der Waals surface area contributed by atoms with Crippen molar-refractivity contribution in [2.45, 2.75) is 26.2 Å². The lowest BCUT2D eigenvalue weighted by Gasteiger charge is -2.28. The minimum atomic E-state index is -0.886. The van der Waals surface area contributed by atoms with Gasteiger partial charge < -0.3 is 5.11 Å². The van der Waals surface area contributed by atoms with Gasteiger partial charge in [0.2, 0.25) is 0 Å². The van der Waals surface area contributed by atoms with Crippen LogP contribution in [0.4, 0.5) is 0 Å². The highest BCUT2D eigenvalue weighted by Crippen LogP contribution is 2.50. The lowest BCUT2D eigenvalue weighted by atomic mass is 9.75. The Bertz CT molecular complexity index is 676. The first-order valence-electron chi connectivity index (χ1n) is 6.76. The first-order chi connectivity index (χ1) is 9.50. The van der Waals surface area contributed by atoms with Crippen molar-refractivity contribution in [1.82, 2.24) is 4.98 Å². The van der Waals surface area contributed by atoms with E-state index in [9.17, 15) is 9.90 Å². The number of carbonyl (C=O) groups is 1. The average molecular weight is 267 g/mol. The quantitative estimate of drug-likeness (QED) is 0.906. The Morgan fingerprint density at radius 1 is 1.25 bits per heavy atom.